The Morgan fingerprint density at radius 3 is 2.80 bits per heavy atom. The van der Waals surface area contributed by atoms with Crippen LogP contribution in [-0.2, 0) is 6.54 Å². The first-order chi connectivity index (χ1) is 19.4. The maximum Gasteiger partial charge on any atom is 0.266 e. The number of nitrogens with zero attached hydrogens (tertiary/aromatic N) is 5. The maximum atomic E-state index is 15.1. The molecule has 4 aromatic rings. The average molecular weight is 624 g/mol. The van der Waals surface area contributed by atoms with E-state index in [1.165, 1.54) is 11.6 Å². The Morgan fingerprint density at radius 2 is 2.08 bits per heavy atom. The number of hydrogen-bond acceptors (Lipinski definition) is 8. The Morgan fingerprint density at radius 1 is 1.27 bits per heavy atom. The molecule has 1 unspecified atom stereocenters. The number of pyridine rings is 2. The Kier molecular flexibility index (Phi) is 8.48. The molecule has 1 aliphatic heterocycles. The number of aromatic nitrogens is 4. The minimum Gasteiger partial charge on any atom is -0.364 e. The fraction of sp³-hybridized carbons (Fsp3) is 0.250. The van der Waals surface area contributed by atoms with Gasteiger partial charge in [-0.25, -0.2) is 9.37 Å². The quantitative estimate of drug-likeness (QED) is 0.243. The number of rotatable bonds is 8. The third kappa shape index (κ3) is 5.88. The molecule has 1 aromatic carbocycles. The van der Waals surface area contributed by atoms with Crippen molar-refractivity contribution in [3.63, 3.8) is 0 Å². The van der Waals surface area contributed by atoms with Crippen LogP contribution in [-0.4, -0.2) is 50.7 Å². The van der Waals surface area contributed by atoms with E-state index in [2.05, 4.69) is 58.7 Å². The molecule has 1 fully saturated rings. The third-order valence-corrected chi connectivity index (χ3v) is 7.48. The molecule has 0 amide bonds. The number of piperazine rings is 1. The predicted octanol–water partition coefficient (Wildman–Crippen LogP) is 4.61. The van der Waals surface area contributed by atoms with E-state index in [0.29, 0.717) is 26.9 Å². The van der Waals surface area contributed by atoms with Gasteiger partial charge in [-0.2, -0.15) is 4.98 Å². The van der Waals surface area contributed by atoms with Crippen LogP contribution >= 0.6 is 28.1 Å². The molecule has 1 atom stereocenters. The summed E-state index contributed by atoms with van der Waals surface area (Å²) in [4.78, 5) is 28.5. The summed E-state index contributed by atoms with van der Waals surface area (Å²) in [5, 5.41) is 10.2. The molecule has 0 spiro atoms. The fourth-order valence-electron chi connectivity index (χ4n) is 4.82. The van der Waals surface area contributed by atoms with Gasteiger partial charge in [0, 0.05) is 66.6 Å². The van der Waals surface area contributed by atoms with E-state index < -0.39 is 0 Å². The number of thiocarbonyl (C=S) groups is 1. The van der Waals surface area contributed by atoms with Crippen LogP contribution in [0.1, 0.15) is 19.4 Å². The number of anilines is 3. The average Bonchev–Trinajstić information content (AvgIpc) is 2.95. The SMILES string of the molecule is C/C(Cn1c(=O)c(Br)cc2cnc(Nc3ccc(N4CCNCC4C)c(F)c3)nc21)=C(\NC=S)c1ccncc1. The van der Waals surface area contributed by atoms with Gasteiger partial charge < -0.3 is 20.9 Å². The van der Waals surface area contributed by atoms with E-state index in [-0.39, 0.29) is 29.9 Å². The number of hydrogen-bond donors (Lipinski definition) is 3. The van der Waals surface area contributed by atoms with Gasteiger partial charge in [-0.05, 0) is 71.7 Å². The number of halogens is 2. The third-order valence-electron chi connectivity index (χ3n) is 6.79. The first-order valence-electron chi connectivity index (χ1n) is 12.8. The highest BCUT2D eigenvalue weighted by Gasteiger charge is 2.21. The molecule has 0 bridgehead atoms. The highest BCUT2D eigenvalue weighted by atomic mass is 79.9. The summed E-state index contributed by atoms with van der Waals surface area (Å²) in [6.45, 7) is 6.59. The Balaban J connectivity index is 1.49. The predicted molar refractivity (Wildman–Crippen MR) is 164 cm³/mol. The molecule has 1 saturated heterocycles. The normalized spacial score (nSPS) is 16.0. The molecule has 12 heteroatoms. The molecule has 5 rings (SSSR count). The van der Waals surface area contributed by atoms with E-state index in [1.54, 1.807) is 41.4 Å². The molecule has 40 heavy (non-hydrogen) atoms. The van der Waals surface area contributed by atoms with Gasteiger partial charge in [0.05, 0.1) is 22.2 Å². The number of nitrogens with one attached hydrogen (secondary N) is 3. The lowest BCUT2D eigenvalue weighted by molar-refractivity contribution is 0.491. The van der Waals surface area contributed by atoms with Crippen LogP contribution in [0.3, 0.4) is 0 Å². The van der Waals surface area contributed by atoms with E-state index in [0.717, 1.165) is 36.5 Å². The zero-order valence-corrected chi connectivity index (χ0v) is 24.4. The second kappa shape index (κ2) is 12.2. The van der Waals surface area contributed by atoms with Crippen molar-refractivity contribution >= 4 is 67.7 Å². The summed E-state index contributed by atoms with van der Waals surface area (Å²) in [6, 6.07) is 10.6. The Hall–Kier alpha value is -3.74. The van der Waals surface area contributed by atoms with Gasteiger partial charge in [-0.3, -0.25) is 14.3 Å². The van der Waals surface area contributed by atoms with E-state index in [4.69, 9.17) is 12.2 Å². The monoisotopic (exact) mass is 622 g/mol. The van der Waals surface area contributed by atoms with Gasteiger partial charge in [-0.15, -0.1) is 0 Å². The number of fused-ring (bicyclic) bond motifs is 1. The lowest BCUT2D eigenvalue weighted by Crippen LogP contribution is -2.50. The highest BCUT2D eigenvalue weighted by molar-refractivity contribution is 9.10. The summed E-state index contributed by atoms with van der Waals surface area (Å²) >= 11 is 8.43. The highest BCUT2D eigenvalue weighted by Crippen LogP contribution is 2.27. The summed E-state index contributed by atoms with van der Waals surface area (Å²) in [5.74, 6) is -0.0745. The Labute approximate surface area is 244 Å². The standard InChI is InChI=1S/C28H28BrFN8OS/c1-17(25(34-16-40)19-5-7-31-8-6-19)15-38-26-20(11-22(29)27(38)39)14-33-28(36-26)35-21-3-4-24(23(30)12-21)37-10-9-32-13-18(37)2/h3-8,11-12,14,16,18,32H,9-10,13,15H2,1-2H3,(H,34,40)(H,33,35,36)/b25-17+. The zero-order valence-electron chi connectivity index (χ0n) is 22.0. The summed E-state index contributed by atoms with van der Waals surface area (Å²) < 4.78 is 17.1. The van der Waals surface area contributed by atoms with Gasteiger partial charge in [0.1, 0.15) is 11.5 Å². The van der Waals surface area contributed by atoms with Crippen LogP contribution in [0.4, 0.5) is 21.7 Å². The molecule has 4 heterocycles. The number of benzene rings is 1. The minimum absolute atomic E-state index is 0.192. The molecule has 206 valence electrons. The summed E-state index contributed by atoms with van der Waals surface area (Å²) in [5.41, 5.74) is 5.23. The second-order valence-electron chi connectivity index (χ2n) is 9.55. The number of allylic oxidation sites excluding steroid dienone is 1. The summed E-state index contributed by atoms with van der Waals surface area (Å²) in [6.07, 6.45) is 5.02. The molecule has 3 N–H and O–H groups in total. The van der Waals surface area contributed by atoms with E-state index in [9.17, 15) is 4.79 Å². The zero-order chi connectivity index (χ0) is 28.2. The minimum atomic E-state index is -0.323. The summed E-state index contributed by atoms with van der Waals surface area (Å²) in [7, 11) is 0. The first-order valence-corrected chi connectivity index (χ1v) is 14.0. The van der Waals surface area contributed by atoms with Gasteiger partial charge in [0.2, 0.25) is 5.95 Å². The van der Waals surface area contributed by atoms with Crippen LogP contribution in [0, 0.1) is 5.82 Å². The Bertz CT molecular complexity index is 1650. The lowest BCUT2D eigenvalue weighted by Gasteiger charge is -2.36. The molecule has 0 aliphatic carbocycles. The molecular weight excluding hydrogens is 595 g/mol. The van der Waals surface area contributed by atoms with Gasteiger partial charge in [-0.1, -0.05) is 12.2 Å². The van der Waals surface area contributed by atoms with Gasteiger partial charge in [0.25, 0.3) is 5.56 Å². The largest absolute Gasteiger partial charge is 0.364 e. The first kappa shape index (κ1) is 27.8. The maximum absolute atomic E-state index is 15.1. The van der Waals surface area contributed by atoms with Gasteiger partial charge >= 0.3 is 0 Å². The molecular formula is C28H28BrFN8OS. The van der Waals surface area contributed by atoms with E-state index in [1.807, 2.05) is 19.1 Å². The van der Waals surface area contributed by atoms with Crippen molar-refractivity contribution in [2.24, 2.45) is 0 Å². The van der Waals surface area contributed by atoms with Gasteiger partial charge in [0.15, 0.2) is 0 Å². The molecule has 3 aromatic heterocycles. The van der Waals surface area contributed by atoms with Crippen molar-refractivity contribution in [1.82, 2.24) is 30.2 Å². The van der Waals surface area contributed by atoms with Crippen LogP contribution in [0.2, 0.25) is 0 Å². The molecule has 1 aliphatic rings. The molecule has 0 saturated carbocycles. The van der Waals surface area contributed by atoms with Crippen LogP contribution < -0.4 is 26.4 Å². The van der Waals surface area contributed by atoms with Crippen molar-refractivity contribution < 1.29 is 4.39 Å². The lowest BCUT2D eigenvalue weighted by atomic mass is 10.1. The smallest absolute Gasteiger partial charge is 0.266 e. The van der Waals surface area contributed by atoms with E-state index >= 15 is 4.39 Å². The second-order valence-corrected chi connectivity index (χ2v) is 10.6. The van der Waals surface area contributed by atoms with Crippen LogP contribution in [0.15, 0.2) is 69.8 Å². The van der Waals surface area contributed by atoms with Crippen LogP contribution in [0.25, 0.3) is 16.7 Å². The van der Waals surface area contributed by atoms with Crippen molar-refractivity contribution in [2.75, 3.05) is 29.9 Å². The molecule has 0 radical (unpaired) electrons. The van der Waals surface area contributed by atoms with Crippen molar-refractivity contribution in [2.45, 2.75) is 26.4 Å². The van der Waals surface area contributed by atoms with Crippen molar-refractivity contribution in [3.8, 4) is 0 Å². The molecule has 9 nitrogen and oxygen atoms in total. The van der Waals surface area contributed by atoms with Crippen LogP contribution in [0.5, 0.6) is 0 Å². The topological polar surface area (TPSA) is 100 Å². The van der Waals surface area contributed by atoms with Crippen molar-refractivity contribution in [3.05, 3.63) is 86.8 Å². The fourth-order valence-corrected chi connectivity index (χ4v) is 5.40. The van der Waals surface area contributed by atoms with Crippen molar-refractivity contribution in [1.29, 1.82) is 0 Å².